The van der Waals surface area contributed by atoms with Gasteiger partial charge in [-0.05, 0) is 30.5 Å². The average molecular weight is 239 g/mol. The molecule has 0 amide bonds. The van der Waals surface area contributed by atoms with Crippen molar-refractivity contribution in [3.63, 3.8) is 0 Å². The summed E-state index contributed by atoms with van der Waals surface area (Å²) in [5, 5.41) is 3.25. The highest BCUT2D eigenvalue weighted by Crippen LogP contribution is 2.36. The second kappa shape index (κ2) is 4.09. The summed E-state index contributed by atoms with van der Waals surface area (Å²) in [5.74, 6) is 0.690. The van der Waals surface area contributed by atoms with Crippen LogP contribution in [0.5, 0.6) is 0 Å². The van der Waals surface area contributed by atoms with E-state index >= 15 is 0 Å². The van der Waals surface area contributed by atoms with Crippen molar-refractivity contribution in [3.8, 4) is 0 Å². The molecule has 0 fully saturated rings. The standard InChI is InChI=1S/C15H17N3/c1-15(2)9-8-11-10-16-14(18-13(11)15)17-12-6-4-3-5-7-12/h3-7,10H,8-9H2,1-2H3,(H,16,17,18). The Kier molecular flexibility index (Phi) is 2.54. The van der Waals surface area contributed by atoms with E-state index in [0.717, 1.165) is 18.5 Å². The van der Waals surface area contributed by atoms with Crippen LogP contribution in [-0.4, -0.2) is 9.97 Å². The number of para-hydroxylation sites is 1. The molecule has 1 aliphatic rings. The fourth-order valence-corrected chi connectivity index (χ4v) is 2.45. The lowest BCUT2D eigenvalue weighted by molar-refractivity contribution is 0.509. The lowest BCUT2D eigenvalue weighted by Gasteiger charge is -2.17. The molecule has 1 aromatic carbocycles. The first kappa shape index (κ1) is 11.2. The summed E-state index contributed by atoms with van der Waals surface area (Å²) in [6, 6.07) is 10.0. The Hall–Kier alpha value is -1.90. The van der Waals surface area contributed by atoms with Crippen LogP contribution < -0.4 is 5.32 Å². The van der Waals surface area contributed by atoms with Crippen LogP contribution >= 0.6 is 0 Å². The Morgan fingerprint density at radius 1 is 1.17 bits per heavy atom. The van der Waals surface area contributed by atoms with E-state index in [2.05, 4.69) is 29.1 Å². The second-order valence-corrected chi connectivity index (χ2v) is 5.44. The molecule has 0 spiro atoms. The van der Waals surface area contributed by atoms with Crippen molar-refractivity contribution in [1.82, 2.24) is 9.97 Å². The van der Waals surface area contributed by atoms with Crippen molar-refractivity contribution in [2.75, 3.05) is 5.32 Å². The number of aryl methyl sites for hydroxylation is 1. The summed E-state index contributed by atoms with van der Waals surface area (Å²) >= 11 is 0. The maximum atomic E-state index is 4.68. The largest absolute Gasteiger partial charge is 0.324 e. The fraction of sp³-hybridized carbons (Fsp3) is 0.333. The SMILES string of the molecule is CC1(C)CCc2cnc(Nc3ccccc3)nc21. The van der Waals surface area contributed by atoms with E-state index in [1.807, 2.05) is 36.5 Å². The van der Waals surface area contributed by atoms with Crippen LogP contribution in [0.2, 0.25) is 0 Å². The number of hydrogen-bond donors (Lipinski definition) is 1. The molecule has 1 N–H and O–H groups in total. The molecular weight excluding hydrogens is 222 g/mol. The van der Waals surface area contributed by atoms with E-state index in [4.69, 9.17) is 0 Å². The van der Waals surface area contributed by atoms with Crippen molar-refractivity contribution >= 4 is 11.6 Å². The van der Waals surface area contributed by atoms with Gasteiger partial charge >= 0.3 is 0 Å². The molecule has 0 saturated heterocycles. The van der Waals surface area contributed by atoms with Gasteiger partial charge in [0.05, 0.1) is 5.69 Å². The van der Waals surface area contributed by atoms with Crippen LogP contribution in [0.1, 0.15) is 31.5 Å². The molecule has 0 saturated carbocycles. The average Bonchev–Trinajstić information content (AvgIpc) is 2.67. The summed E-state index contributed by atoms with van der Waals surface area (Å²) in [5.41, 5.74) is 3.67. The molecule has 1 aromatic heterocycles. The third kappa shape index (κ3) is 1.96. The lowest BCUT2D eigenvalue weighted by Crippen LogP contribution is -2.15. The number of benzene rings is 1. The van der Waals surface area contributed by atoms with Crippen LogP contribution in [0.15, 0.2) is 36.5 Å². The van der Waals surface area contributed by atoms with E-state index < -0.39 is 0 Å². The monoisotopic (exact) mass is 239 g/mol. The summed E-state index contributed by atoms with van der Waals surface area (Å²) in [4.78, 5) is 9.07. The van der Waals surface area contributed by atoms with Crippen LogP contribution in [0, 0.1) is 0 Å². The zero-order chi connectivity index (χ0) is 12.6. The topological polar surface area (TPSA) is 37.8 Å². The molecule has 0 radical (unpaired) electrons. The zero-order valence-corrected chi connectivity index (χ0v) is 10.8. The molecule has 92 valence electrons. The van der Waals surface area contributed by atoms with Gasteiger partial charge in [-0.25, -0.2) is 9.97 Å². The van der Waals surface area contributed by atoms with Crippen LogP contribution in [-0.2, 0) is 11.8 Å². The van der Waals surface area contributed by atoms with E-state index in [1.54, 1.807) is 0 Å². The molecular formula is C15H17N3. The maximum Gasteiger partial charge on any atom is 0.227 e. The van der Waals surface area contributed by atoms with Gasteiger partial charge in [0.2, 0.25) is 5.95 Å². The second-order valence-electron chi connectivity index (χ2n) is 5.44. The minimum Gasteiger partial charge on any atom is -0.324 e. The first-order valence-electron chi connectivity index (χ1n) is 6.34. The summed E-state index contributed by atoms with van der Waals surface area (Å²) in [6.07, 6.45) is 4.21. The number of anilines is 2. The molecule has 3 heteroatoms. The van der Waals surface area contributed by atoms with Gasteiger partial charge in [-0.2, -0.15) is 0 Å². The van der Waals surface area contributed by atoms with Crippen molar-refractivity contribution < 1.29 is 0 Å². The molecule has 0 atom stereocenters. The molecule has 2 aromatic rings. The Morgan fingerprint density at radius 2 is 1.94 bits per heavy atom. The Labute approximate surface area is 107 Å². The van der Waals surface area contributed by atoms with Crippen molar-refractivity contribution in [2.45, 2.75) is 32.1 Å². The molecule has 0 bridgehead atoms. The van der Waals surface area contributed by atoms with Crippen molar-refractivity contribution in [1.29, 1.82) is 0 Å². The molecule has 0 unspecified atom stereocenters. The quantitative estimate of drug-likeness (QED) is 0.872. The highest BCUT2D eigenvalue weighted by Gasteiger charge is 2.31. The van der Waals surface area contributed by atoms with Crippen molar-refractivity contribution in [2.24, 2.45) is 0 Å². The highest BCUT2D eigenvalue weighted by atomic mass is 15.1. The number of nitrogens with zero attached hydrogens (tertiary/aromatic N) is 2. The number of rotatable bonds is 2. The number of hydrogen-bond acceptors (Lipinski definition) is 3. The van der Waals surface area contributed by atoms with Crippen LogP contribution in [0.25, 0.3) is 0 Å². The van der Waals surface area contributed by atoms with Gasteiger partial charge in [0.25, 0.3) is 0 Å². The molecule has 0 aliphatic heterocycles. The predicted octanol–water partition coefficient (Wildman–Crippen LogP) is 3.44. The molecule has 1 heterocycles. The smallest absolute Gasteiger partial charge is 0.227 e. The van der Waals surface area contributed by atoms with E-state index in [-0.39, 0.29) is 5.41 Å². The summed E-state index contributed by atoms with van der Waals surface area (Å²) in [6.45, 7) is 4.50. The molecule has 18 heavy (non-hydrogen) atoms. The third-order valence-corrected chi connectivity index (χ3v) is 3.55. The van der Waals surface area contributed by atoms with Gasteiger partial charge in [0.1, 0.15) is 0 Å². The molecule has 1 aliphatic carbocycles. The van der Waals surface area contributed by atoms with Crippen molar-refractivity contribution in [3.05, 3.63) is 47.8 Å². The van der Waals surface area contributed by atoms with Gasteiger partial charge in [-0.3, -0.25) is 0 Å². The Morgan fingerprint density at radius 3 is 2.72 bits per heavy atom. The van der Waals surface area contributed by atoms with Gasteiger partial charge < -0.3 is 5.32 Å². The first-order chi connectivity index (χ1) is 8.65. The van der Waals surface area contributed by atoms with Gasteiger partial charge in [0.15, 0.2) is 0 Å². The van der Waals surface area contributed by atoms with Crippen LogP contribution in [0.4, 0.5) is 11.6 Å². The summed E-state index contributed by atoms with van der Waals surface area (Å²) in [7, 11) is 0. The number of fused-ring (bicyclic) bond motifs is 1. The van der Waals surface area contributed by atoms with Gasteiger partial charge in [-0.15, -0.1) is 0 Å². The Bertz CT molecular complexity index is 561. The Balaban J connectivity index is 1.92. The van der Waals surface area contributed by atoms with E-state index in [1.165, 1.54) is 11.3 Å². The maximum absolute atomic E-state index is 4.68. The van der Waals surface area contributed by atoms with Gasteiger partial charge in [-0.1, -0.05) is 32.0 Å². The van der Waals surface area contributed by atoms with Crippen LogP contribution in [0.3, 0.4) is 0 Å². The van der Waals surface area contributed by atoms with Gasteiger partial charge in [0, 0.05) is 17.3 Å². The number of aromatic nitrogens is 2. The fourth-order valence-electron chi connectivity index (χ4n) is 2.45. The van der Waals surface area contributed by atoms with E-state index in [9.17, 15) is 0 Å². The third-order valence-electron chi connectivity index (χ3n) is 3.55. The van der Waals surface area contributed by atoms with E-state index in [0.29, 0.717) is 5.95 Å². The summed E-state index contributed by atoms with van der Waals surface area (Å²) < 4.78 is 0. The molecule has 3 nitrogen and oxygen atoms in total. The zero-order valence-electron chi connectivity index (χ0n) is 10.8. The minimum atomic E-state index is 0.172. The highest BCUT2D eigenvalue weighted by molar-refractivity contribution is 5.53. The predicted molar refractivity (Wildman–Crippen MR) is 73.1 cm³/mol. The molecule has 3 rings (SSSR count). The lowest BCUT2D eigenvalue weighted by atomic mass is 9.91. The normalized spacial score (nSPS) is 16.3. The first-order valence-corrected chi connectivity index (χ1v) is 6.34. The number of nitrogens with one attached hydrogen (secondary N) is 1. The minimum absolute atomic E-state index is 0.172.